The maximum atomic E-state index is 15.1. The van der Waals surface area contributed by atoms with Crippen molar-refractivity contribution in [2.75, 3.05) is 0 Å². The molecule has 0 spiro atoms. The Morgan fingerprint density at radius 1 is 1.08 bits per heavy atom. The van der Waals surface area contributed by atoms with Crippen molar-refractivity contribution in [2.24, 2.45) is 10.9 Å². The van der Waals surface area contributed by atoms with Crippen LogP contribution in [0.5, 0.6) is 0 Å². The number of carbonyl (C=O) groups is 1. The smallest absolute Gasteiger partial charge is 0.412 e. The number of nitrogens with zero attached hydrogens (tertiary/aromatic N) is 1. The van der Waals surface area contributed by atoms with Gasteiger partial charge < -0.3 is 10.4 Å². The first-order chi connectivity index (χ1) is 18.0. The fraction of sp³-hybridized carbons (Fsp3) is 0.379. The van der Waals surface area contributed by atoms with Crippen LogP contribution in [-0.2, 0) is 4.79 Å². The van der Waals surface area contributed by atoms with Crippen molar-refractivity contribution in [3.8, 4) is 11.1 Å². The van der Waals surface area contributed by atoms with Gasteiger partial charge >= 0.3 is 12.1 Å². The molecular formula is C29H29F5N2O2. The van der Waals surface area contributed by atoms with Crippen LogP contribution in [0.25, 0.3) is 11.1 Å². The molecule has 4 nitrogen and oxygen atoms in total. The Bertz CT molecular complexity index is 1260. The van der Waals surface area contributed by atoms with Gasteiger partial charge in [-0.05, 0) is 73.8 Å². The molecule has 1 fully saturated rings. The molecule has 0 amide bonds. The predicted octanol–water partition coefficient (Wildman–Crippen LogP) is 7.16. The average molecular weight is 533 g/mol. The summed E-state index contributed by atoms with van der Waals surface area (Å²) in [6, 6.07) is 7.64. The number of carboxylic acids is 1. The zero-order valence-corrected chi connectivity index (χ0v) is 20.9. The van der Waals surface area contributed by atoms with Crippen LogP contribution in [0, 0.1) is 17.6 Å². The molecule has 2 aliphatic rings. The third-order valence-electron chi connectivity index (χ3n) is 7.39. The summed E-state index contributed by atoms with van der Waals surface area (Å²) in [5, 5.41) is 11.8. The Hall–Kier alpha value is -3.49. The number of amidine groups is 1. The number of hydrogen-bond acceptors (Lipinski definition) is 3. The molecule has 1 aliphatic carbocycles. The topological polar surface area (TPSA) is 61.7 Å². The van der Waals surface area contributed by atoms with E-state index in [4.69, 9.17) is 5.11 Å². The molecule has 38 heavy (non-hydrogen) atoms. The first-order valence-corrected chi connectivity index (χ1v) is 12.5. The van der Waals surface area contributed by atoms with E-state index in [0.717, 1.165) is 56.4 Å². The number of rotatable bonds is 7. The lowest BCUT2D eigenvalue weighted by atomic mass is 9.77. The summed E-state index contributed by atoms with van der Waals surface area (Å²) in [5.74, 6) is -1.77. The first-order valence-electron chi connectivity index (χ1n) is 12.5. The lowest BCUT2D eigenvalue weighted by Crippen LogP contribution is -2.33. The first kappa shape index (κ1) is 27.5. The minimum Gasteiger partial charge on any atom is -0.481 e. The van der Waals surface area contributed by atoms with Crippen molar-refractivity contribution < 1.29 is 31.9 Å². The van der Waals surface area contributed by atoms with Crippen molar-refractivity contribution in [1.82, 2.24) is 5.32 Å². The van der Waals surface area contributed by atoms with Crippen LogP contribution in [0.15, 0.2) is 65.7 Å². The van der Waals surface area contributed by atoms with E-state index < -0.39 is 41.4 Å². The van der Waals surface area contributed by atoms with Gasteiger partial charge in [0, 0.05) is 17.6 Å². The number of alkyl halides is 3. The Morgan fingerprint density at radius 2 is 1.68 bits per heavy atom. The summed E-state index contributed by atoms with van der Waals surface area (Å²) in [6.45, 7) is 4.53. The van der Waals surface area contributed by atoms with Gasteiger partial charge in [0.1, 0.15) is 17.5 Å². The van der Waals surface area contributed by atoms with Crippen LogP contribution in [0.4, 0.5) is 22.0 Å². The van der Waals surface area contributed by atoms with Gasteiger partial charge in [-0.15, -0.1) is 6.58 Å². The number of nitrogens with one attached hydrogen (secondary N) is 1. The molecule has 1 heterocycles. The van der Waals surface area contributed by atoms with Crippen molar-refractivity contribution in [3.63, 3.8) is 0 Å². The van der Waals surface area contributed by atoms with Crippen LogP contribution in [0.2, 0.25) is 0 Å². The number of allylic oxidation sites excluding steroid dienone is 1. The number of hydrogen-bond donors (Lipinski definition) is 2. The van der Waals surface area contributed by atoms with Crippen molar-refractivity contribution >= 4 is 11.8 Å². The van der Waals surface area contributed by atoms with Gasteiger partial charge in [-0.2, -0.15) is 13.2 Å². The SMILES string of the molecule is C=CC1NC(c2cc(F)c(-c3ccc(C4CCC(CC(=O)O)CC4)cc3)cc2F)=NC1C=C(C)C(F)(F)F. The van der Waals surface area contributed by atoms with E-state index in [0.29, 0.717) is 11.5 Å². The summed E-state index contributed by atoms with van der Waals surface area (Å²) in [4.78, 5) is 15.1. The average Bonchev–Trinajstić information content (AvgIpc) is 3.27. The molecule has 1 aliphatic heterocycles. The molecule has 0 radical (unpaired) electrons. The van der Waals surface area contributed by atoms with Crippen molar-refractivity contribution in [3.05, 3.63) is 83.5 Å². The summed E-state index contributed by atoms with van der Waals surface area (Å²) >= 11 is 0. The van der Waals surface area contributed by atoms with Crippen LogP contribution in [0.1, 0.15) is 56.1 Å². The molecule has 2 aromatic carbocycles. The van der Waals surface area contributed by atoms with E-state index in [9.17, 15) is 18.0 Å². The van der Waals surface area contributed by atoms with Crippen LogP contribution < -0.4 is 5.32 Å². The molecule has 0 bridgehead atoms. The second kappa shape index (κ2) is 11.1. The minimum atomic E-state index is -4.52. The lowest BCUT2D eigenvalue weighted by molar-refractivity contribution is -0.138. The predicted molar refractivity (Wildman–Crippen MR) is 136 cm³/mol. The monoisotopic (exact) mass is 532 g/mol. The van der Waals surface area contributed by atoms with Gasteiger partial charge in [0.05, 0.1) is 17.6 Å². The number of aliphatic carboxylic acids is 1. The molecule has 2 aromatic rings. The Labute approximate surface area is 218 Å². The normalized spacial score (nSPS) is 24.1. The van der Waals surface area contributed by atoms with Gasteiger partial charge in [0.15, 0.2) is 0 Å². The number of carboxylic acid groups (broad SMARTS) is 1. The van der Waals surface area contributed by atoms with Gasteiger partial charge in [0.25, 0.3) is 0 Å². The van der Waals surface area contributed by atoms with Gasteiger partial charge in [-0.1, -0.05) is 30.3 Å². The molecule has 1 saturated carbocycles. The molecular weight excluding hydrogens is 503 g/mol. The lowest BCUT2D eigenvalue weighted by Gasteiger charge is -2.28. The molecule has 2 atom stereocenters. The number of benzene rings is 2. The maximum Gasteiger partial charge on any atom is 0.412 e. The van der Waals surface area contributed by atoms with Crippen LogP contribution >= 0.6 is 0 Å². The molecule has 2 unspecified atom stereocenters. The summed E-state index contributed by atoms with van der Waals surface area (Å²) in [6.07, 6.45) is 1.45. The Kier molecular flexibility index (Phi) is 8.04. The fourth-order valence-corrected chi connectivity index (χ4v) is 5.18. The standard InChI is InChI=1S/C29H29F5N2O2/c1-3-25-26(12-16(2)29(32,33)34)36-28(35-25)22-15-23(30)21(14-24(22)31)20-10-8-19(9-11-20)18-6-4-17(5-7-18)13-27(37)38/h3,8-12,14-15,17-18,25-26H,1,4-7,13H2,2H3,(H,35,36)(H,37,38). The van der Waals surface area contributed by atoms with Gasteiger partial charge in [0.2, 0.25) is 0 Å². The Morgan fingerprint density at radius 3 is 2.26 bits per heavy atom. The second-order valence-corrected chi connectivity index (χ2v) is 9.97. The van der Waals surface area contributed by atoms with Crippen molar-refractivity contribution in [2.45, 2.75) is 63.2 Å². The number of halogens is 5. The van der Waals surface area contributed by atoms with Crippen LogP contribution in [-0.4, -0.2) is 35.2 Å². The zero-order valence-electron chi connectivity index (χ0n) is 20.9. The van der Waals surface area contributed by atoms with Crippen molar-refractivity contribution in [1.29, 1.82) is 0 Å². The molecule has 4 rings (SSSR count). The maximum absolute atomic E-state index is 15.1. The molecule has 9 heteroatoms. The quantitative estimate of drug-likeness (QED) is 0.294. The van der Waals surface area contributed by atoms with Crippen LogP contribution in [0.3, 0.4) is 0 Å². The third-order valence-corrected chi connectivity index (χ3v) is 7.39. The molecule has 202 valence electrons. The van der Waals surface area contributed by atoms with Gasteiger partial charge in [-0.3, -0.25) is 9.79 Å². The van der Waals surface area contributed by atoms with E-state index >= 15 is 8.78 Å². The molecule has 2 N–H and O–H groups in total. The Balaban J connectivity index is 1.52. The van der Waals surface area contributed by atoms with E-state index in [-0.39, 0.29) is 29.3 Å². The fourth-order valence-electron chi connectivity index (χ4n) is 5.18. The minimum absolute atomic E-state index is 0.0390. The summed E-state index contributed by atoms with van der Waals surface area (Å²) in [5.41, 5.74) is 0.621. The second-order valence-electron chi connectivity index (χ2n) is 9.97. The third kappa shape index (κ3) is 6.14. The molecule has 0 saturated heterocycles. The van der Waals surface area contributed by atoms with E-state index in [1.165, 1.54) is 6.08 Å². The zero-order chi connectivity index (χ0) is 27.6. The molecule has 0 aromatic heterocycles. The van der Waals surface area contributed by atoms with E-state index in [1.807, 2.05) is 12.1 Å². The highest BCUT2D eigenvalue weighted by molar-refractivity contribution is 6.01. The number of aliphatic imine (C=N–C) groups is 1. The summed E-state index contributed by atoms with van der Waals surface area (Å²) in [7, 11) is 0. The summed E-state index contributed by atoms with van der Waals surface area (Å²) < 4.78 is 69.2. The highest BCUT2D eigenvalue weighted by atomic mass is 19.4. The van der Waals surface area contributed by atoms with E-state index in [2.05, 4.69) is 16.9 Å². The van der Waals surface area contributed by atoms with Gasteiger partial charge in [-0.25, -0.2) is 8.78 Å². The highest BCUT2D eigenvalue weighted by Crippen LogP contribution is 2.38. The largest absolute Gasteiger partial charge is 0.481 e. The van der Waals surface area contributed by atoms with E-state index in [1.54, 1.807) is 12.1 Å². The highest BCUT2D eigenvalue weighted by Gasteiger charge is 2.34.